The molecule has 0 N–H and O–H groups in total. The van der Waals surface area contributed by atoms with Crippen LogP contribution in [0.25, 0.3) is 11.4 Å². The zero-order valence-electron chi connectivity index (χ0n) is 17.5. The smallest absolute Gasteiger partial charge is 0.255 e. The van der Waals surface area contributed by atoms with Gasteiger partial charge in [-0.2, -0.15) is 0 Å². The largest absolute Gasteiger partial charge is 0.366 e. The minimum atomic E-state index is -3.59. The standard InChI is InChI=1S/C21H21N5O5S/c1-25-19(27)11-16(15-7-8-22-13-23-15)24-21(25)26-9-10-31-17(12-26)20(28)14-5-3-4-6-18(14)32(2,29)30/h3-8,11,13,17H,9-10,12H2,1-2H3. The molecule has 166 valence electrons. The summed E-state index contributed by atoms with van der Waals surface area (Å²) in [6.07, 6.45) is 3.08. The fourth-order valence-corrected chi connectivity index (χ4v) is 4.43. The summed E-state index contributed by atoms with van der Waals surface area (Å²) in [5, 5.41) is 0. The number of carbonyl (C=O) groups excluding carboxylic acids is 1. The average molecular weight is 455 g/mol. The van der Waals surface area contributed by atoms with Gasteiger partial charge >= 0.3 is 0 Å². The Morgan fingerprint density at radius 2 is 1.97 bits per heavy atom. The van der Waals surface area contributed by atoms with Crippen LogP contribution in [-0.4, -0.2) is 65.8 Å². The lowest BCUT2D eigenvalue weighted by atomic mass is 10.0. The minimum absolute atomic E-state index is 0.0398. The summed E-state index contributed by atoms with van der Waals surface area (Å²) in [4.78, 5) is 40.1. The average Bonchev–Trinajstić information content (AvgIpc) is 2.80. The van der Waals surface area contributed by atoms with Crippen molar-refractivity contribution in [3.05, 3.63) is 64.8 Å². The maximum atomic E-state index is 13.2. The Morgan fingerprint density at radius 1 is 1.19 bits per heavy atom. The van der Waals surface area contributed by atoms with Crippen molar-refractivity contribution in [2.75, 3.05) is 30.9 Å². The molecule has 0 radical (unpaired) electrons. The van der Waals surface area contributed by atoms with Gasteiger partial charge in [-0.3, -0.25) is 14.2 Å². The molecule has 1 fully saturated rings. The normalized spacial score (nSPS) is 16.7. The molecule has 1 aliphatic rings. The third kappa shape index (κ3) is 4.30. The highest BCUT2D eigenvalue weighted by Gasteiger charge is 2.32. The fraction of sp³-hybridized carbons (Fsp3) is 0.286. The summed E-state index contributed by atoms with van der Waals surface area (Å²) in [7, 11) is -1.99. The number of morpholine rings is 1. The van der Waals surface area contributed by atoms with Crippen LogP contribution < -0.4 is 10.5 Å². The van der Waals surface area contributed by atoms with E-state index >= 15 is 0 Å². The Hall–Kier alpha value is -3.44. The second-order valence-corrected chi connectivity index (χ2v) is 9.36. The van der Waals surface area contributed by atoms with Crippen molar-refractivity contribution in [2.45, 2.75) is 11.0 Å². The first-order valence-corrected chi connectivity index (χ1v) is 11.7. The summed E-state index contributed by atoms with van der Waals surface area (Å²) in [6, 6.07) is 9.10. The van der Waals surface area contributed by atoms with Crippen LogP contribution in [0.5, 0.6) is 0 Å². The Bertz CT molecular complexity index is 1320. The van der Waals surface area contributed by atoms with Gasteiger partial charge in [0.05, 0.1) is 29.4 Å². The lowest BCUT2D eigenvalue weighted by Gasteiger charge is -2.33. The van der Waals surface area contributed by atoms with Gasteiger partial charge in [0, 0.05) is 37.7 Å². The third-order valence-electron chi connectivity index (χ3n) is 5.15. The Balaban J connectivity index is 1.67. The highest BCUT2D eigenvalue weighted by Crippen LogP contribution is 2.22. The Kier molecular flexibility index (Phi) is 5.85. The van der Waals surface area contributed by atoms with E-state index in [0.29, 0.717) is 23.9 Å². The van der Waals surface area contributed by atoms with Gasteiger partial charge in [-0.15, -0.1) is 0 Å². The summed E-state index contributed by atoms with van der Waals surface area (Å²) >= 11 is 0. The number of carbonyl (C=O) groups is 1. The first-order valence-electron chi connectivity index (χ1n) is 9.80. The fourth-order valence-electron chi connectivity index (χ4n) is 3.54. The van der Waals surface area contributed by atoms with Crippen LogP contribution in [0.1, 0.15) is 10.4 Å². The van der Waals surface area contributed by atoms with Gasteiger partial charge in [-0.25, -0.2) is 23.4 Å². The quantitative estimate of drug-likeness (QED) is 0.512. The van der Waals surface area contributed by atoms with Crippen molar-refractivity contribution < 1.29 is 17.9 Å². The van der Waals surface area contributed by atoms with Crippen molar-refractivity contribution in [1.29, 1.82) is 0 Å². The van der Waals surface area contributed by atoms with Crippen LogP contribution >= 0.6 is 0 Å². The molecule has 2 aromatic heterocycles. The van der Waals surface area contributed by atoms with E-state index in [0.717, 1.165) is 6.26 Å². The van der Waals surface area contributed by atoms with Gasteiger partial charge in [-0.1, -0.05) is 12.1 Å². The number of aromatic nitrogens is 4. The lowest BCUT2D eigenvalue weighted by molar-refractivity contribution is 0.0334. The van der Waals surface area contributed by atoms with E-state index in [1.165, 1.54) is 29.1 Å². The summed E-state index contributed by atoms with van der Waals surface area (Å²) in [5.74, 6) is -0.0729. The molecule has 4 rings (SSSR count). The summed E-state index contributed by atoms with van der Waals surface area (Å²) in [5.41, 5.74) is 0.697. The Labute approximate surface area is 184 Å². The maximum absolute atomic E-state index is 13.2. The number of nitrogens with zero attached hydrogens (tertiary/aromatic N) is 5. The van der Waals surface area contributed by atoms with Crippen LogP contribution in [0.15, 0.2) is 58.6 Å². The molecular formula is C21H21N5O5S. The molecule has 11 heteroatoms. The van der Waals surface area contributed by atoms with Crippen LogP contribution in [0.3, 0.4) is 0 Å². The molecule has 3 heterocycles. The van der Waals surface area contributed by atoms with E-state index in [1.807, 2.05) is 0 Å². The van der Waals surface area contributed by atoms with Crippen LogP contribution in [0.4, 0.5) is 5.95 Å². The van der Waals surface area contributed by atoms with Crippen molar-refractivity contribution in [2.24, 2.45) is 7.05 Å². The zero-order valence-corrected chi connectivity index (χ0v) is 18.3. The number of rotatable bonds is 5. The predicted octanol–water partition coefficient (Wildman–Crippen LogP) is 0.729. The molecule has 10 nitrogen and oxygen atoms in total. The number of benzene rings is 1. The van der Waals surface area contributed by atoms with E-state index < -0.39 is 21.7 Å². The first-order chi connectivity index (χ1) is 15.3. The zero-order chi connectivity index (χ0) is 22.9. The number of ether oxygens (including phenoxy) is 1. The van der Waals surface area contributed by atoms with Crippen molar-refractivity contribution in [3.8, 4) is 11.4 Å². The van der Waals surface area contributed by atoms with E-state index in [9.17, 15) is 18.0 Å². The number of ketones is 1. The molecule has 1 unspecified atom stereocenters. The van der Waals surface area contributed by atoms with Gasteiger partial charge in [0.1, 0.15) is 12.4 Å². The van der Waals surface area contributed by atoms with Gasteiger partial charge in [0.15, 0.2) is 15.6 Å². The molecule has 0 saturated carbocycles. The predicted molar refractivity (Wildman–Crippen MR) is 116 cm³/mol. The second-order valence-electron chi connectivity index (χ2n) is 7.37. The Morgan fingerprint density at radius 3 is 2.69 bits per heavy atom. The van der Waals surface area contributed by atoms with E-state index in [1.54, 1.807) is 36.3 Å². The molecular weight excluding hydrogens is 434 g/mol. The molecule has 0 bridgehead atoms. The van der Waals surface area contributed by atoms with Gasteiger partial charge in [0.25, 0.3) is 5.56 Å². The lowest BCUT2D eigenvalue weighted by Crippen LogP contribution is -2.48. The number of sulfone groups is 1. The van der Waals surface area contributed by atoms with Crippen LogP contribution in [0, 0.1) is 0 Å². The van der Waals surface area contributed by atoms with E-state index in [-0.39, 0.29) is 29.2 Å². The number of anilines is 1. The maximum Gasteiger partial charge on any atom is 0.255 e. The summed E-state index contributed by atoms with van der Waals surface area (Å²) < 4.78 is 31.3. The van der Waals surface area contributed by atoms with Gasteiger partial charge in [-0.05, 0) is 18.2 Å². The molecule has 1 aromatic carbocycles. The van der Waals surface area contributed by atoms with E-state index in [4.69, 9.17) is 4.74 Å². The molecule has 32 heavy (non-hydrogen) atoms. The topological polar surface area (TPSA) is 124 Å². The van der Waals surface area contributed by atoms with Crippen molar-refractivity contribution in [1.82, 2.24) is 19.5 Å². The van der Waals surface area contributed by atoms with Crippen LogP contribution in [0.2, 0.25) is 0 Å². The highest BCUT2D eigenvalue weighted by molar-refractivity contribution is 7.90. The molecule has 1 aliphatic heterocycles. The third-order valence-corrected chi connectivity index (χ3v) is 6.30. The van der Waals surface area contributed by atoms with E-state index in [2.05, 4.69) is 15.0 Å². The first kappa shape index (κ1) is 21.8. The molecule has 1 saturated heterocycles. The molecule has 1 atom stereocenters. The highest BCUT2D eigenvalue weighted by atomic mass is 32.2. The SMILES string of the molecule is Cn1c(N2CCOC(C(=O)c3ccccc3S(C)(=O)=O)C2)nc(-c2ccncn2)cc1=O. The monoisotopic (exact) mass is 455 g/mol. The van der Waals surface area contributed by atoms with Crippen LogP contribution in [-0.2, 0) is 21.6 Å². The van der Waals surface area contributed by atoms with Crippen molar-refractivity contribution >= 4 is 21.6 Å². The van der Waals surface area contributed by atoms with Gasteiger partial charge in [0.2, 0.25) is 5.95 Å². The number of hydrogen-bond donors (Lipinski definition) is 0. The number of hydrogen-bond acceptors (Lipinski definition) is 9. The number of Topliss-reactive ketones (excluding diaryl/α,β-unsaturated/α-hetero) is 1. The molecule has 0 aliphatic carbocycles. The van der Waals surface area contributed by atoms with Crippen molar-refractivity contribution in [3.63, 3.8) is 0 Å². The molecule has 0 spiro atoms. The van der Waals surface area contributed by atoms with Gasteiger partial charge < -0.3 is 9.64 Å². The minimum Gasteiger partial charge on any atom is -0.366 e. The second kappa shape index (κ2) is 8.60. The molecule has 0 amide bonds. The molecule has 3 aromatic rings. The summed E-state index contributed by atoms with van der Waals surface area (Å²) in [6.45, 7) is 0.737.